The minimum absolute atomic E-state index is 0.132. The van der Waals surface area contributed by atoms with Gasteiger partial charge in [-0.15, -0.1) is 0 Å². The molecule has 0 atom stereocenters. The number of anilines is 1. The van der Waals surface area contributed by atoms with Crippen LogP contribution in [-0.4, -0.2) is 32.7 Å². The molecule has 1 aliphatic heterocycles. The zero-order valence-electron chi connectivity index (χ0n) is 12.4. The number of hydrogen-bond acceptors (Lipinski definition) is 4. The van der Waals surface area contributed by atoms with Gasteiger partial charge in [0.2, 0.25) is 0 Å². The van der Waals surface area contributed by atoms with Crippen LogP contribution < -0.4 is 10.2 Å². The summed E-state index contributed by atoms with van der Waals surface area (Å²) in [6.07, 6.45) is 2.82. The largest absolute Gasteiger partial charge is 0.466 e. The number of carbonyl (C=O) groups is 1. The van der Waals surface area contributed by atoms with Crippen molar-refractivity contribution in [3.05, 3.63) is 29.3 Å². The van der Waals surface area contributed by atoms with Crippen molar-refractivity contribution < 1.29 is 9.53 Å². The van der Waals surface area contributed by atoms with Gasteiger partial charge in [-0.3, -0.25) is 4.79 Å². The fourth-order valence-electron chi connectivity index (χ4n) is 2.60. The van der Waals surface area contributed by atoms with Gasteiger partial charge in [0, 0.05) is 32.4 Å². The minimum Gasteiger partial charge on any atom is -0.466 e. The van der Waals surface area contributed by atoms with E-state index in [9.17, 15) is 4.79 Å². The lowest BCUT2D eigenvalue weighted by Crippen LogP contribution is -2.25. The lowest BCUT2D eigenvalue weighted by Gasteiger charge is -2.27. The summed E-state index contributed by atoms with van der Waals surface area (Å²) in [5.74, 6) is -0.132. The molecule has 0 fully saturated rings. The molecule has 0 saturated heterocycles. The number of carbonyl (C=O) groups excluding carboxylic acids is 1. The van der Waals surface area contributed by atoms with Crippen LogP contribution in [0.5, 0.6) is 0 Å². The second kappa shape index (κ2) is 7.29. The lowest BCUT2D eigenvalue weighted by atomic mass is 9.99. The zero-order chi connectivity index (χ0) is 14.4. The van der Waals surface area contributed by atoms with Crippen molar-refractivity contribution >= 4 is 11.7 Å². The molecule has 20 heavy (non-hydrogen) atoms. The van der Waals surface area contributed by atoms with Gasteiger partial charge in [-0.05, 0) is 37.0 Å². The first kappa shape index (κ1) is 14.9. The van der Waals surface area contributed by atoms with Crippen LogP contribution in [0.25, 0.3) is 0 Å². The van der Waals surface area contributed by atoms with Gasteiger partial charge in [-0.25, -0.2) is 0 Å². The number of rotatable bonds is 6. The van der Waals surface area contributed by atoms with Crippen LogP contribution in [0.1, 0.15) is 30.9 Å². The maximum atomic E-state index is 11.2. The highest BCUT2D eigenvalue weighted by molar-refractivity contribution is 5.69. The third kappa shape index (κ3) is 3.97. The molecule has 1 aliphatic rings. The second-order valence-corrected chi connectivity index (χ2v) is 5.22. The van der Waals surface area contributed by atoms with E-state index < -0.39 is 0 Å². The summed E-state index contributed by atoms with van der Waals surface area (Å²) in [5, 5.41) is 3.29. The van der Waals surface area contributed by atoms with E-state index in [1.807, 2.05) is 6.92 Å². The number of nitrogens with one attached hydrogen (secondary N) is 1. The highest BCUT2D eigenvalue weighted by Gasteiger charge is 2.13. The quantitative estimate of drug-likeness (QED) is 0.638. The Morgan fingerprint density at radius 1 is 1.45 bits per heavy atom. The van der Waals surface area contributed by atoms with E-state index in [-0.39, 0.29) is 5.97 Å². The molecule has 0 bridgehead atoms. The van der Waals surface area contributed by atoms with E-state index in [1.54, 1.807) is 0 Å². The van der Waals surface area contributed by atoms with E-state index in [0.717, 1.165) is 19.5 Å². The summed E-state index contributed by atoms with van der Waals surface area (Å²) in [4.78, 5) is 13.5. The first-order valence-electron chi connectivity index (χ1n) is 7.40. The molecular formula is C16H24N2O2. The summed E-state index contributed by atoms with van der Waals surface area (Å²) in [6, 6.07) is 6.65. The van der Waals surface area contributed by atoms with Crippen molar-refractivity contribution in [1.29, 1.82) is 0 Å². The Bertz CT molecular complexity index is 460. The molecule has 0 aliphatic carbocycles. The molecular weight excluding hydrogens is 252 g/mol. The SMILES string of the molecule is CCOC(=O)CCNCc1ccc2c(c1)CCCN2C. The van der Waals surface area contributed by atoms with Gasteiger partial charge >= 0.3 is 5.97 Å². The molecule has 0 saturated carbocycles. The third-order valence-corrected chi connectivity index (χ3v) is 3.64. The van der Waals surface area contributed by atoms with Gasteiger partial charge in [0.05, 0.1) is 13.0 Å². The van der Waals surface area contributed by atoms with Crippen molar-refractivity contribution in [1.82, 2.24) is 5.32 Å². The fourth-order valence-corrected chi connectivity index (χ4v) is 2.60. The predicted octanol–water partition coefficient (Wildman–Crippen LogP) is 2.11. The summed E-state index contributed by atoms with van der Waals surface area (Å²) in [5.41, 5.74) is 4.07. The molecule has 1 N–H and O–H groups in total. The summed E-state index contributed by atoms with van der Waals surface area (Å²) < 4.78 is 4.90. The highest BCUT2D eigenvalue weighted by atomic mass is 16.5. The summed E-state index contributed by atoms with van der Waals surface area (Å²) in [7, 11) is 2.15. The van der Waals surface area contributed by atoms with Crippen LogP contribution in [0.15, 0.2) is 18.2 Å². The third-order valence-electron chi connectivity index (χ3n) is 3.64. The Labute approximate surface area is 121 Å². The van der Waals surface area contributed by atoms with Gasteiger partial charge in [0.15, 0.2) is 0 Å². The normalized spacial score (nSPS) is 14.0. The number of nitrogens with zero attached hydrogens (tertiary/aromatic N) is 1. The number of esters is 1. The van der Waals surface area contributed by atoms with Crippen molar-refractivity contribution in [2.45, 2.75) is 32.7 Å². The number of ether oxygens (including phenoxy) is 1. The van der Waals surface area contributed by atoms with E-state index in [2.05, 4.69) is 35.5 Å². The minimum atomic E-state index is -0.132. The maximum absolute atomic E-state index is 11.2. The molecule has 1 aromatic rings. The van der Waals surface area contributed by atoms with Gasteiger partial charge < -0.3 is 15.0 Å². The smallest absolute Gasteiger partial charge is 0.307 e. The van der Waals surface area contributed by atoms with Crippen molar-refractivity contribution in [2.75, 3.05) is 31.6 Å². The monoisotopic (exact) mass is 276 g/mol. The molecule has 0 unspecified atom stereocenters. The first-order chi connectivity index (χ1) is 9.70. The van der Waals surface area contributed by atoms with E-state index >= 15 is 0 Å². The predicted molar refractivity (Wildman–Crippen MR) is 81.0 cm³/mol. The average molecular weight is 276 g/mol. The van der Waals surface area contributed by atoms with Crippen LogP contribution in [0.4, 0.5) is 5.69 Å². The molecule has 1 heterocycles. The summed E-state index contributed by atoms with van der Waals surface area (Å²) in [6.45, 7) is 4.89. The molecule has 4 heteroatoms. The van der Waals surface area contributed by atoms with E-state index in [1.165, 1.54) is 23.2 Å². The van der Waals surface area contributed by atoms with Crippen molar-refractivity contribution in [3.63, 3.8) is 0 Å². The van der Waals surface area contributed by atoms with Gasteiger partial charge in [0.25, 0.3) is 0 Å². The number of fused-ring (bicyclic) bond motifs is 1. The van der Waals surface area contributed by atoms with Crippen molar-refractivity contribution in [2.24, 2.45) is 0 Å². The van der Waals surface area contributed by atoms with Gasteiger partial charge in [0.1, 0.15) is 0 Å². The molecule has 0 amide bonds. The lowest BCUT2D eigenvalue weighted by molar-refractivity contribution is -0.142. The van der Waals surface area contributed by atoms with E-state index in [0.29, 0.717) is 19.6 Å². The van der Waals surface area contributed by atoms with Crippen LogP contribution in [0, 0.1) is 0 Å². The van der Waals surface area contributed by atoms with Crippen molar-refractivity contribution in [3.8, 4) is 0 Å². The zero-order valence-corrected chi connectivity index (χ0v) is 12.4. The Morgan fingerprint density at radius 3 is 3.10 bits per heavy atom. The highest BCUT2D eigenvalue weighted by Crippen LogP contribution is 2.26. The average Bonchev–Trinajstić information content (AvgIpc) is 2.44. The Morgan fingerprint density at radius 2 is 2.30 bits per heavy atom. The molecule has 0 aromatic heterocycles. The van der Waals surface area contributed by atoms with E-state index in [4.69, 9.17) is 4.74 Å². The molecule has 1 aromatic carbocycles. The standard InChI is InChI=1S/C16H24N2O2/c1-3-20-16(19)8-9-17-12-13-6-7-15-14(11-13)5-4-10-18(15)2/h6-7,11,17H,3-5,8-10,12H2,1-2H3. The van der Waals surface area contributed by atoms with Gasteiger partial charge in [-0.1, -0.05) is 12.1 Å². The number of hydrogen-bond donors (Lipinski definition) is 1. The maximum Gasteiger partial charge on any atom is 0.307 e. The Balaban J connectivity index is 1.81. The second-order valence-electron chi connectivity index (χ2n) is 5.22. The summed E-state index contributed by atoms with van der Waals surface area (Å²) >= 11 is 0. The fraction of sp³-hybridized carbons (Fsp3) is 0.562. The van der Waals surface area contributed by atoms with Gasteiger partial charge in [-0.2, -0.15) is 0 Å². The molecule has 4 nitrogen and oxygen atoms in total. The Kier molecular flexibility index (Phi) is 5.41. The number of aryl methyl sites for hydroxylation is 1. The molecule has 0 radical (unpaired) electrons. The molecule has 110 valence electrons. The van der Waals surface area contributed by atoms with Crippen LogP contribution >= 0.6 is 0 Å². The van der Waals surface area contributed by atoms with Crippen LogP contribution in [-0.2, 0) is 22.5 Å². The first-order valence-corrected chi connectivity index (χ1v) is 7.40. The molecule has 0 spiro atoms. The number of benzene rings is 1. The Hall–Kier alpha value is -1.55. The van der Waals surface area contributed by atoms with Crippen LogP contribution in [0.3, 0.4) is 0 Å². The molecule has 2 rings (SSSR count). The van der Waals surface area contributed by atoms with Crippen LogP contribution in [0.2, 0.25) is 0 Å². The topological polar surface area (TPSA) is 41.6 Å².